The van der Waals surface area contributed by atoms with Crippen molar-refractivity contribution < 1.29 is 9.90 Å². The van der Waals surface area contributed by atoms with Gasteiger partial charge in [0.2, 0.25) is 0 Å². The number of carboxylic acid groups (broad SMARTS) is 1. The number of anilines is 1. The van der Waals surface area contributed by atoms with Gasteiger partial charge in [-0.2, -0.15) is 0 Å². The molecule has 0 unspecified atom stereocenters. The van der Waals surface area contributed by atoms with Crippen LogP contribution >= 0.6 is 0 Å². The molecule has 6 nitrogen and oxygen atoms in total. The summed E-state index contributed by atoms with van der Waals surface area (Å²) in [6.07, 6.45) is 16.4. The molecule has 6 heteroatoms. The summed E-state index contributed by atoms with van der Waals surface area (Å²) < 4.78 is 0. The topological polar surface area (TPSA) is 69.6 Å². The highest BCUT2D eigenvalue weighted by atomic mass is 16.3. The van der Waals surface area contributed by atoms with Gasteiger partial charge in [0.1, 0.15) is 5.82 Å². The standard InChI is InChI=1S/C17H28N4.CH2O2/c1-20(16-14-18-10-11-19-16)15-17(8-4-2-5-9-17)21-12-6-3-7-13-21;2-1-3/h10-11,14H,2-9,12-13,15H2,1H3;1H,(H,2,3). The molecule has 0 bridgehead atoms. The van der Waals surface area contributed by atoms with E-state index < -0.39 is 0 Å². The number of carbonyl (C=O) groups is 1. The fraction of sp³-hybridized carbons (Fsp3) is 0.722. The molecule has 1 aliphatic heterocycles. The first-order valence-electron chi connectivity index (χ1n) is 9.02. The molecular formula is C18H30N4O2. The second-order valence-corrected chi connectivity index (χ2v) is 6.86. The molecule has 0 radical (unpaired) electrons. The maximum absolute atomic E-state index is 8.36. The summed E-state index contributed by atoms with van der Waals surface area (Å²) in [7, 11) is 2.17. The predicted octanol–water partition coefficient (Wildman–Crippen LogP) is 2.80. The summed E-state index contributed by atoms with van der Waals surface area (Å²) in [6, 6.07) is 0. The van der Waals surface area contributed by atoms with E-state index in [1.807, 2.05) is 6.20 Å². The molecule has 3 rings (SSSR count). The van der Waals surface area contributed by atoms with Crippen molar-refractivity contribution >= 4 is 12.3 Å². The van der Waals surface area contributed by atoms with Gasteiger partial charge in [-0.3, -0.25) is 14.7 Å². The van der Waals surface area contributed by atoms with E-state index in [1.54, 1.807) is 12.4 Å². The van der Waals surface area contributed by atoms with Gasteiger partial charge in [0.25, 0.3) is 6.47 Å². The van der Waals surface area contributed by atoms with Crippen LogP contribution in [0, 0.1) is 0 Å². The highest BCUT2D eigenvalue weighted by Crippen LogP contribution is 2.36. The zero-order chi connectivity index (χ0) is 17.3. The first kappa shape index (κ1) is 18.6. The molecule has 2 aliphatic rings. The van der Waals surface area contributed by atoms with Gasteiger partial charge in [-0.15, -0.1) is 0 Å². The molecule has 0 spiro atoms. The van der Waals surface area contributed by atoms with Crippen molar-refractivity contribution in [1.29, 1.82) is 0 Å². The lowest BCUT2D eigenvalue weighted by Crippen LogP contribution is -2.57. The van der Waals surface area contributed by atoms with Crippen LogP contribution in [-0.2, 0) is 4.79 Å². The third kappa shape index (κ3) is 4.90. The van der Waals surface area contributed by atoms with Crippen molar-refractivity contribution in [1.82, 2.24) is 14.9 Å². The maximum atomic E-state index is 8.36. The van der Waals surface area contributed by atoms with Crippen molar-refractivity contribution in [3.05, 3.63) is 18.6 Å². The van der Waals surface area contributed by atoms with Crippen molar-refractivity contribution in [2.75, 3.05) is 31.6 Å². The monoisotopic (exact) mass is 334 g/mol. The lowest BCUT2D eigenvalue weighted by atomic mass is 9.79. The van der Waals surface area contributed by atoms with Crippen molar-refractivity contribution in [2.45, 2.75) is 56.9 Å². The third-order valence-corrected chi connectivity index (χ3v) is 5.28. The summed E-state index contributed by atoms with van der Waals surface area (Å²) in [6.45, 7) is 3.41. The minimum atomic E-state index is -0.250. The Kier molecular flexibility index (Phi) is 7.43. The zero-order valence-corrected chi connectivity index (χ0v) is 14.7. The lowest BCUT2D eigenvalue weighted by Gasteiger charge is -2.50. The Morgan fingerprint density at radius 2 is 1.79 bits per heavy atom. The molecule has 0 aromatic carbocycles. The largest absolute Gasteiger partial charge is 0.483 e. The number of aromatic nitrogens is 2. The highest BCUT2D eigenvalue weighted by Gasteiger charge is 2.39. The number of rotatable bonds is 4. The third-order valence-electron chi connectivity index (χ3n) is 5.28. The number of piperidine rings is 1. The number of hydrogen-bond acceptors (Lipinski definition) is 5. The Bertz CT molecular complexity index is 471. The van der Waals surface area contributed by atoms with Crippen molar-refractivity contribution in [3.8, 4) is 0 Å². The molecular weight excluding hydrogens is 304 g/mol. The number of likely N-dealkylation sites (tertiary alicyclic amines) is 1. The molecule has 1 saturated heterocycles. The molecule has 0 amide bonds. The van der Waals surface area contributed by atoms with E-state index in [9.17, 15) is 0 Å². The van der Waals surface area contributed by atoms with Crippen LogP contribution in [0.5, 0.6) is 0 Å². The first-order chi connectivity index (χ1) is 11.7. The molecule has 1 N–H and O–H groups in total. The Morgan fingerprint density at radius 1 is 1.17 bits per heavy atom. The van der Waals surface area contributed by atoms with Gasteiger partial charge in [-0.25, -0.2) is 4.98 Å². The van der Waals surface area contributed by atoms with Crippen LogP contribution in [0.2, 0.25) is 0 Å². The first-order valence-corrected chi connectivity index (χ1v) is 9.02. The van der Waals surface area contributed by atoms with Gasteiger partial charge in [-0.1, -0.05) is 25.7 Å². The van der Waals surface area contributed by atoms with Gasteiger partial charge < -0.3 is 10.0 Å². The van der Waals surface area contributed by atoms with E-state index in [-0.39, 0.29) is 6.47 Å². The molecule has 1 aliphatic carbocycles. The second-order valence-electron chi connectivity index (χ2n) is 6.86. The van der Waals surface area contributed by atoms with E-state index in [2.05, 4.69) is 26.8 Å². The molecule has 0 atom stereocenters. The van der Waals surface area contributed by atoms with Gasteiger partial charge in [0.15, 0.2) is 0 Å². The Morgan fingerprint density at radius 3 is 2.38 bits per heavy atom. The fourth-order valence-electron chi connectivity index (χ4n) is 4.16. The highest BCUT2D eigenvalue weighted by molar-refractivity contribution is 5.34. The number of likely N-dealkylation sites (N-methyl/N-ethyl adjacent to an activating group) is 1. The smallest absolute Gasteiger partial charge is 0.290 e. The molecule has 134 valence electrons. The number of nitrogens with zero attached hydrogens (tertiary/aromatic N) is 4. The summed E-state index contributed by atoms with van der Waals surface area (Å²) in [5, 5.41) is 6.89. The van der Waals surface area contributed by atoms with E-state index in [0.717, 1.165) is 12.4 Å². The molecule has 1 aromatic rings. The summed E-state index contributed by atoms with van der Waals surface area (Å²) in [5.41, 5.74) is 0.366. The fourth-order valence-corrected chi connectivity index (χ4v) is 4.16. The zero-order valence-electron chi connectivity index (χ0n) is 14.7. The van der Waals surface area contributed by atoms with Crippen molar-refractivity contribution in [3.63, 3.8) is 0 Å². The van der Waals surface area contributed by atoms with Crippen LogP contribution in [0.3, 0.4) is 0 Å². The minimum Gasteiger partial charge on any atom is -0.483 e. The second kappa shape index (κ2) is 9.57. The molecule has 1 aromatic heterocycles. The van der Waals surface area contributed by atoms with E-state index in [1.165, 1.54) is 64.5 Å². The van der Waals surface area contributed by atoms with Crippen LogP contribution in [0.15, 0.2) is 18.6 Å². The van der Waals surface area contributed by atoms with Crippen molar-refractivity contribution in [2.24, 2.45) is 0 Å². The van der Waals surface area contributed by atoms with E-state index >= 15 is 0 Å². The normalized spacial score (nSPS) is 20.5. The number of hydrogen-bond donors (Lipinski definition) is 1. The SMILES string of the molecule is CN(CC1(N2CCCCC2)CCCCC1)c1cnccn1.O=CO. The van der Waals surface area contributed by atoms with Gasteiger partial charge >= 0.3 is 0 Å². The van der Waals surface area contributed by atoms with E-state index in [4.69, 9.17) is 9.90 Å². The molecule has 2 heterocycles. The molecule has 2 fully saturated rings. The van der Waals surface area contributed by atoms with E-state index in [0.29, 0.717) is 5.54 Å². The summed E-state index contributed by atoms with van der Waals surface area (Å²) >= 11 is 0. The maximum Gasteiger partial charge on any atom is 0.290 e. The van der Waals surface area contributed by atoms with Crippen LogP contribution < -0.4 is 4.90 Å². The lowest BCUT2D eigenvalue weighted by molar-refractivity contribution is -0.122. The van der Waals surface area contributed by atoms with Crippen LogP contribution in [0.25, 0.3) is 0 Å². The average molecular weight is 334 g/mol. The van der Waals surface area contributed by atoms with Crippen LogP contribution in [0.4, 0.5) is 5.82 Å². The van der Waals surface area contributed by atoms with Gasteiger partial charge in [0.05, 0.1) is 6.20 Å². The predicted molar refractivity (Wildman–Crippen MR) is 95.2 cm³/mol. The summed E-state index contributed by atoms with van der Waals surface area (Å²) in [4.78, 5) is 22.1. The Hall–Kier alpha value is -1.69. The Labute approximate surface area is 144 Å². The van der Waals surface area contributed by atoms with Crippen LogP contribution in [0.1, 0.15) is 51.4 Å². The quantitative estimate of drug-likeness (QED) is 0.854. The molecule has 24 heavy (non-hydrogen) atoms. The molecule has 1 saturated carbocycles. The Balaban J connectivity index is 0.000000647. The average Bonchev–Trinajstić information content (AvgIpc) is 2.65. The van der Waals surface area contributed by atoms with Gasteiger partial charge in [-0.05, 0) is 38.8 Å². The summed E-state index contributed by atoms with van der Waals surface area (Å²) in [5.74, 6) is 0.999. The van der Waals surface area contributed by atoms with Crippen LogP contribution in [-0.4, -0.2) is 58.7 Å². The van der Waals surface area contributed by atoms with Gasteiger partial charge in [0, 0.05) is 31.5 Å². The minimum absolute atomic E-state index is 0.250.